The van der Waals surface area contributed by atoms with Gasteiger partial charge in [0.1, 0.15) is 17.8 Å². The fourth-order valence-electron chi connectivity index (χ4n) is 6.43. The number of benzene rings is 1. The maximum Gasteiger partial charge on any atom is 0.243 e. The normalized spacial score (nSPS) is 26.5. The van der Waals surface area contributed by atoms with Crippen LogP contribution in [0.1, 0.15) is 31.2 Å². The van der Waals surface area contributed by atoms with Gasteiger partial charge in [-0.1, -0.05) is 18.2 Å². The van der Waals surface area contributed by atoms with Gasteiger partial charge in [-0.2, -0.15) is 5.10 Å². The molecule has 1 saturated carbocycles. The van der Waals surface area contributed by atoms with Gasteiger partial charge in [-0.15, -0.1) is 0 Å². The standard InChI is InChI=1S/C27H29N5O5/c33-23(32-9-10-35-15-26(32)16-36-17-26)14-31-22-4-2-1-3-21(22)27(25(31)34)7-5-19(6-8-27)37-20-11-18-12-29-30-24(18)28-13-20/h1-4,11-13,19H,5-10,14-17H2,(H,28,29,30). The highest BCUT2D eigenvalue weighted by atomic mass is 16.5. The Morgan fingerprint density at radius 2 is 1.95 bits per heavy atom. The molecule has 0 unspecified atom stereocenters. The van der Waals surface area contributed by atoms with Gasteiger partial charge < -0.3 is 24.0 Å². The van der Waals surface area contributed by atoms with Crippen molar-refractivity contribution in [1.82, 2.24) is 20.1 Å². The lowest BCUT2D eigenvalue weighted by molar-refractivity contribution is -0.201. The van der Waals surface area contributed by atoms with E-state index in [9.17, 15) is 9.59 Å². The summed E-state index contributed by atoms with van der Waals surface area (Å²) in [6.45, 7) is 2.52. The van der Waals surface area contributed by atoms with Gasteiger partial charge in [0.25, 0.3) is 0 Å². The molecule has 10 nitrogen and oxygen atoms in total. The van der Waals surface area contributed by atoms with E-state index in [0.717, 1.165) is 35.1 Å². The zero-order valence-electron chi connectivity index (χ0n) is 20.5. The Balaban J connectivity index is 1.09. The lowest BCUT2D eigenvalue weighted by Crippen LogP contribution is -2.70. The zero-order valence-corrected chi connectivity index (χ0v) is 20.5. The SMILES string of the molecule is O=C(CN1C(=O)C2(CCC(Oc3cnc4[nH]ncc4c3)CC2)c2ccccc21)N1CCOCC12COC2. The van der Waals surface area contributed by atoms with Crippen LogP contribution in [0.15, 0.2) is 42.7 Å². The number of rotatable bonds is 4. The number of aromatic nitrogens is 3. The summed E-state index contributed by atoms with van der Waals surface area (Å²) >= 11 is 0. The summed E-state index contributed by atoms with van der Waals surface area (Å²) in [6, 6.07) is 9.87. The molecule has 37 heavy (non-hydrogen) atoms. The van der Waals surface area contributed by atoms with E-state index in [1.54, 1.807) is 17.3 Å². The van der Waals surface area contributed by atoms with Crippen LogP contribution in [0.25, 0.3) is 11.0 Å². The van der Waals surface area contributed by atoms with Crippen molar-refractivity contribution in [2.45, 2.75) is 42.7 Å². The first-order chi connectivity index (χ1) is 18.1. The molecule has 4 aliphatic rings. The third-order valence-corrected chi connectivity index (χ3v) is 8.46. The molecule has 7 rings (SSSR count). The van der Waals surface area contributed by atoms with E-state index in [1.807, 2.05) is 35.2 Å². The van der Waals surface area contributed by atoms with Gasteiger partial charge in [0.2, 0.25) is 11.8 Å². The van der Waals surface area contributed by atoms with E-state index in [-0.39, 0.29) is 30.0 Å². The molecule has 0 atom stereocenters. The molecule has 5 heterocycles. The van der Waals surface area contributed by atoms with Crippen molar-refractivity contribution in [2.75, 3.05) is 44.4 Å². The molecule has 2 saturated heterocycles. The van der Waals surface area contributed by atoms with Crippen molar-refractivity contribution >= 4 is 28.5 Å². The number of hydrogen-bond donors (Lipinski definition) is 1. The van der Waals surface area contributed by atoms with Crippen LogP contribution in [0.3, 0.4) is 0 Å². The molecule has 0 bridgehead atoms. The van der Waals surface area contributed by atoms with E-state index in [0.29, 0.717) is 51.6 Å². The van der Waals surface area contributed by atoms with Crippen LogP contribution < -0.4 is 9.64 Å². The summed E-state index contributed by atoms with van der Waals surface area (Å²) in [7, 11) is 0. The molecule has 2 spiro atoms. The molecule has 1 N–H and O–H groups in total. The average Bonchev–Trinajstić information content (AvgIpc) is 3.46. The maximum atomic E-state index is 14.0. The van der Waals surface area contributed by atoms with E-state index >= 15 is 0 Å². The van der Waals surface area contributed by atoms with Crippen LogP contribution in [0, 0.1) is 0 Å². The second kappa shape index (κ2) is 8.53. The molecule has 2 amide bonds. The molecule has 10 heteroatoms. The highest BCUT2D eigenvalue weighted by Crippen LogP contribution is 2.50. The van der Waals surface area contributed by atoms with Gasteiger partial charge in [0.15, 0.2) is 5.65 Å². The second-order valence-corrected chi connectivity index (χ2v) is 10.6. The quantitative estimate of drug-likeness (QED) is 0.581. The van der Waals surface area contributed by atoms with Crippen molar-refractivity contribution < 1.29 is 23.8 Å². The van der Waals surface area contributed by atoms with Gasteiger partial charge in [-0.05, 0) is 43.4 Å². The molecule has 192 valence electrons. The van der Waals surface area contributed by atoms with Crippen molar-refractivity contribution in [3.05, 3.63) is 48.3 Å². The minimum absolute atomic E-state index is 0.000699. The highest BCUT2D eigenvalue weighted by molar-refractivity contribution is 6.10. The summed E-state index contributed by atoms with van der Waals surface area (Å²) in [6.07, 6.45) is 6.28. The number of fused-ring (bicyclic) bond motifs is 3. The smallest absolute Gasteiger partial charge is 0.243 e. The number of amides is 2. The Labute approximate surface area is 213 Å². The predicted octanol–water partition coefficient (Wildman–Crippen LogP) is 2.19. The predicted molar refractivity (Wildman–Crippen MR) is 133 cm³/mol. The maximum absolute atomic E-state index is 14.0. The van der Waals surface area contributed by atoms with Crippen LogP contribution in [-0.4, -0.2) is 83.1 Å². The third-order valence-electron chi connectivity index (χ3n) is 8.46. The first kappa shape index (κ1) is 22.7. The summed E-state index contributed by atoms with van der Waals surface area (Å²) in [5, 5.41) is 7.77. The van der Waals surface area contributed by atoms with Gasteiger partial charge in [0.05, 0.1) is 50.3 Å². The zero-order chi connectivity index (χ0) is 25.0. The average molecular weight is 504 g/mol. The van der Waals surface area contributed by atoms with Crippen LogP contribution in [0.5, 0.6) is 5.75 Å². The number of ether oxygens (including phenoxy) is 3. The fraction of sp³-hybridized carbons (Fsp3) is 0.481. The van der Waals surface area contributed by atoms with Crippen LogP contribution in [-0.2, 0) is 24.5 Å². The van der Waals surface area contributed by atoms with Crippen molar-refractivity contribution in [1.29, 1.82) is 0 Å². The van der Waals surface area contributed by atoms with Crippen molar-refractivity contribution in [3.63, 3.8) is 0 Å². The van der Waals surface area contributed by atoms with E-state index in [4.69, 9.17) is 14.2 Å². The second-order valence-electron chi connectivity index (χ2n) is 10.6. The number of aromatic amines is 1. The monoisotopic (exact) mass is 503 g/mol. The number of carbonyl (C=O) groups excluding carboxylic acids is 2. The Hall–Kier alpha value is -3.50. The molecular weight excluding hydrogens is 474 g/mol. The number of morpholine rings is 1. The lowest BCUT2D eigenvalue weighted by atomic mass is 9.69. The van der Waals surface area contributed by atoms with E-state index in [2.05, 4.69) is 15.2 Å². The number of pyridine rings is 1. The molecule has 3 aromatic rings. The van der Waals surface area contributed by atoms with Crippen molar-refractivity contribution in [3.8, 4) is 5.75 Å². The summed E-state index contributed by atoms with van der Waals surface area (Å²) in [4.78, 5) is 35.5. The molecule has 1 aromatic carbocycles. The van der Waals surface area contributed by atoms with Gasteiger partial charge in [0, 0.05) is 17.6 Å². The first-order valence-corrected chi connectivity index (χ1v) is 12.9. The number of para-hydroxylation sites is 1. The number of nitrogens with zero attached hydrogens (tertiary/aromatic N) is 4. The first-order valence-electron chi connectivity index (χ1n) is 12.9. The summed E-state index contributed by atoms with van der Waals surface area (Å²) in [5.41, 5.74) is 1.59. The Bertz CT molecular complexity index is 1360. The number of anilines is 1. The van der Waals surface area contributed by atoms with Crippen LogP contribution in [0.4, 0.5) is 5.69 Å². The van der Waals surface area contributed by atoms with E-state index < -0.39 is 5.41 Å². The Morgan fingerprint density at radius 1 is 1.14 bits per heavy atom. The fourth-order valence-corrected chi connectivity index (χ4v) is 6.43. The molecule has 0 radical (unpaired) electrons. The molecular formula is C27H29N5O5. The summed E-state index contributed by atoms with van der Waals surface area (Å²) in [5.74, 6) is 0.680. The number of H-pyrrole nitrogens is 1. The topological polar surface area (TPSA) is 110 Å². The van der Waals surface area contributed by atoms with Crippen LogP contribution >= 0.6 is 0 Å². The van der Waals surface area contributed by atoms with Gasteiger partial charge >= 0.3 is 0 Å². The minimum atomic E-state index is -0.619. The van der Waals surface area contributed by atoms with E-state index in [1.165, 1.54) is 0 Å². The molecule has 3 fully saturated rings. The molecule has 2 aromatic heterocycles. The lowest BCUT2D eigenvalue weighted by Gasteiger charge is -2.52. The Morgan fingerprint density at radius 3 is 2.76 bits per heavy atom. The summed E-state index contributed by atoms with van der Waals surface area (Å²) < 4.78 is 17.3. The van der Waals surface area contributed by atoms with Crippen molar-refractivity contribution in [2.24, 2.45) is 0 Å². The number of hydrogen-bond acceptors (Lipinski definition) is 7. The largest absolute Gasteiger partial charge is 0.489 e. The molecule has 3 aliphatic heterocycles. The van der Waals surface area contributed by atoms with Gasteiger partial charge in [-0.3, -0.25) is 14.7 Å². The third kappa shape index (κ3) is 3.53. The Kier molecular flexibility index (Phi) is 5.23. The minimum Gasteiger partial charge on any atom is -0.489 e. The van der Waals surface area contributed by atoms with Crippen LogP contribution in [0.2, 0.25) is 0 Å². The highest BCUT2D eigenvalue weighted by Gasteiger charge is 2.54. The van der Waals surface area contributed by atoms with Gasteiger partial charge in [-0.25, -0.2) is 4.98 Å². The number of carbonyl (C=O) groups is 2. The number of nitrogens with one attached hydrogen (secondary N) is 1. The molecule has 1 aliphatic carbocycles.